The smallest absolute Gasteiger partial charge is 0.178 e. The van der Waals surface area contributed by atoms with Gasteiger partial charge in [-0.15, -0.1) is 0 Å². The molecule has 2 rings (SSSR count). The summed E-state index contributed by atoms with van der Waals surface area (Å²) in [4.78, 5) is 3.15. The van der Waals surface area contributed by atoms with E-state index in [1.807, 2.05) is 18.2 Å². The fourth-order valence-electron chi connectivity index (χ4n) is 1.72. The molecule has 16 heavy (non-hydrogen) atoms. The number of ether oxygens (including phenoxy) is 1. The van der Waals surface area contributed by atoms with E-state index in [1.165, 1.54) is 0 Å². The van der Waals surface area contributed by atoms with Crippen molar-refractivity contribution in [1.29, 1.82) is 0 Å². The molecular formula is C11H13ClN2OS. The van der Waals surface area contributed by atoms with Crippen LogP contribution in [0.15, 0.2) is 18.2 Å². The van der Waals surface area contributed by atoms with Gasteiger partial charge in [-0.25, -0.2) is 0 Å². The summed E-state index contributed by atoms with van der Waals surface area (Å²) in [7, 11) is 1.70. The van der Waals surface area contributed by atoms with Crippen molar-refractivity contribution in [1.82, 2.24) is 9.55 Å². The summed E-state index contributed by atoms with van der Waals surface area (Å²) in [5.41, 5.74) is 2.07. The number of H-pyrrole nitrogens is 1. The zero-order valence-corrected chi connectivity index (χ0v) is 10.6. The number of aromatic nitrogens is 2. The topological polar surface area (TPSA) is 29.9 Å². The minimum atomic E-state index is 0.716. The molecule has 1 aromatic carbocycles. The molecular weight excluding hydrogens is 244 g/mol. The molecule has 0 amide bonds. The van der Waals surface area contributed by atoms with Crippen LogP contribution in [0.1, 0.15) is 6.42 Å². The van der Waals surface area contributed by atoms with Crippen molar-refractivity contribution in [3.05, 3.63) is 28.0 Å². The summed E-state index contributed by atoms with van der Waals surface area (Å²) in [6.45, 7) is 1.59. The number of hydrogen-bond acceptors (Lipinski definition) is 2. The second-order valence-electron chi connectivity index (χ2n) is 3.59. The van der Waals surface area contributed by atoms with Gasteiger partial charge in [-0.1, -0.05) is 11.6 Å². The first-order chi connectivity index (χ1) is 7.72. The van der Waals surface area contributed by atoms with E-state index in [0.717, 1.165) is 35.4 Å². The van der Waals surface area contributed by atoms with Crippen LogP contribution in [0.2, 0.25) is 5.02 Å². The van der Waals surface area contributed by atoms with Gasteiger partial charge in [-0.2, -0.15) is 0 Å². The molecule has 0 saturated carbocycles. The maximum atomic E-state index is 5.92. The Morgan fingerprint density at radius 2 is 2.31 bits per heavy atom. The Kier molecular flexibility index (Phi) is 3.63. The Labute approximate surface area is 104 Å². The Balaban J connectivity index is 2.36. The van der Waals surface area contributed by atoms with Crippen molar-refractivity contribution in [2.24, 2.45) is 0 Å². The molecule has 0 spiro atoms. The van der Waals surface area contributed by atoms with Gasteiger partial charge >= 0.3 is 0 Å². The number of aromatic amines is 1. The van der Waals surface area contributed by atoms with Gasteiger partial charge in [0, 0.05) is 25.3 Å². The molecule has 0 saturated heterocycles. The molecule has 5 heteroatoms. The first-order valence-corrected chi connectivity index (χ1v) is 5.88. The van der Waals surface area contributed by atoms with Crippen molar-refractivity contribution < 1.29 is 4.74 Å². The predicted octanol–water partition coefficient (Wildman–Crippen LogP) is 3.39. The summed E-state index contributed by atoms with van der Waals surface area (Å²) in [6, 6.07) is 5.75. The van der Waals surface area contributed by atoms with Crippen LogP contribution < -0.4 is 0 Å². The van der Waals surface area contributed by atoms with Gasteiger partial charge in [0.15, 0.2) is 4.77 Å². The molecule has 1 heterocycles. The van der Waals surface area contributed by atoms with E-state index in [4.69, 9.17) is 28.6 Å². The Morgan fingerprint density at radius 1 is 1.50 bits per heavy atom. The number of methoxy groups -OCH3 is 1. The second-order valence-corrected chi connectivity index (χ2v) is 4.41. The van der Waals surface area contributed by atoms with Crippen LogP contribution >= 0.6 is 23.8 Å². The van der Waals surface area contributed by atoms with Crippen LogP contribution in [-0.4, -0.2) is 23.3 Å². The van der Waals surface area contributed by atoms with Gasteiger partial charge in [0.2, 0.25) is 0 Å². The van der Waals surface area contributed by atoms with Crippen LogP contribution in [0.3, 0.4) is 0 Å². The summed E-state index contributed by atoms with van der Waals surface area (Å²) < 4.78 is 7.83. The Hall–Kier alpha value is -0.840. The molecule has 0 atom stereocenters. The number of nitrogens with one attached hydrogen (secondary N) is 1. The molecule has 0 fully saturated rings. The molecule has 0 unspecified atom stereocenters. The van der Waals surface area contributed by atoms with Gasteiger partial charge < -0.3 is 14.3 Å². The van der Waals surface area contributed by atoms with Gasteiger partial charge in [0.1, 0.15) is 0 Å². The van der Waals surface area contributed by atoms with Crippen molar-refractivity contribution in [3.63, 3.8) is 0 Å². The number of nitrogens with zero attached hydrogens (tertiary/aromatic N) is 1. The maximum absolute atomic E-state index is 5.92. The highest BCUT2D eigenvalue weighted by atomic mass is 35.5. The first-order valence-electron chi connectivity index (χ1n) is 5.09. The fourth-order valence-corrected chi connectivity index (χ4v) is 2.20. The van der Waals surface area contributed by atoms with E-state index in [2.05, 4.69) is 9.55 Å². The van der Waals surface area contributed by atoms with E-state index in [1.54, 1.807) is 7.11 Å². The third-order valence-electron chi connectivity index (χ3n) is 2.47. The number of imidazole rings is 1. The van der Waals surface area contributed by atoms with Crippen molar-refractivity contribution in [2.45, 2.75) is 13.0 Å². The summed E-state index contributed by atoms with van der Waals surface area (Å²) in [6.07, 6.45) is 0.945. The number of benzene rings is 1. The Morgan fingerprint density at radius 3 is 3.06 bits per heavy atom. The molecule has 0 bridgehead atoms. The number of rotatable bonds is 4. The van der Waals surface area contributed by atoms with E-state index < -0.39 is 0 Å². The van der Waals surface area contributed by atoms with E-state index >= 15 is 0 Å². The molecule has 0 aliphatic heterocycles. The lowest BCUT2D eigenvalue weighted by Gasteiger charge is -2.03. The van der Waals surface area contributed by atoms with Gasteiger partial charge in [0.25, 0.3) is 0 Å². The summed E-state index contributed by atoms with van der Waals surface area (Å²) in [5.74, 6) is 0. The molecule has 0 aliphatic rings. The second kappa shape index (κ2) is 4.99. The lowest BCUT2D eigenvalue weighted by Crippen LogP contribution is -2.01. The highest BCUT2D eigenvalue weighted by Crippen LogP contribution is 2.19. The van der Waals surface area contributed by atoms with Crippen LogP contribution in [-0.2, 0) is 11.3 Å². The van der Waals surface area contributed by atoms with Crippen LogP contribution in [0.5, 0.6) is 0 Å². The van der Waals surface area contributed by atoms with E-state index in [0.29, 0.717) is 5.02 Å². The SMILES string of the molecule is COCCCn1c(=S)[nH]c2cc(Cl)ccc21. The van der Waals surface area contributed by atoms with Crippen LogP contribution in [0, 0.1) is 4.77 Å². The highest BCUT2D eigenvalue weighted by Gasteiger charge is 2.04. The number of hydrogen-bond donors (Lipinski definition) is 1. The molecule has 1 N–H and O–H groups in total. The highest BCUT2D eigenvalue weighted by molar-refractivity contribution is 7.71. The van der Waals surface area contributed by atoms with Crippen LogP contribution in [0.25, 0.3) is 11.0 Å². The minimum absolute atomic E-state index is 0.716. The number of fused-ring (bicyclic) bond motifs is 1. The molecule has 0 aliphatic carbocycles. The lowest BCUT2D eigenvalue weighted by atomic mass is 10.3. The third-order valence-corrected chi connectivity index (χ3v) is 3.02. The van der Waals surface area contributed by atoms with Crippen molar-refractivity contribution in [3.8, 4) is 0 Å². The quantitative estimate of drug-likeness (QED) is 0.671. The van der Waals surface area contributed by atoms with Crippen LogP contribution in [0.4, 0.5) is 0 Å². The maximum Gasteiger partial charge on any atom is 0.178 e. The molecule has 3 nitrogen and oxygen atoms in total. The first kappa shape index (κ1) is 11.6. The normalized spacial score (nSPS) is 11.1. The third kappa shape index (κ3) is 2.29. The average Bonchev–Trinajstić information content (AvgIpc) is 2.55. The monoisotopic (exact) mass is 256 g/mol. The molecule has 1 aromatic heterocycles. The number of aryl methyl sites for hydroxylation is 1. The predicted molar refractivity (Wildman–Crippen MR) is 68.6 cm³/mol. The lowest BCUT2D eigenvalue weighted by molar-refractivity contribution is 0.190. The van der Waals surface area contributed by atoms with Gasteiger partial charge in [-0.3, -0.25) is 0 Å². The van der Waals surface area contributed by atoms with E-state index in [9.17, 15) is 0 Å². The van der Waals surface area contributed by atoms with Crippen molar-refractivity contribution >= 4 is 34.9 Å². The average molecular weight is 257 g/mol. The largest absolute Gasteiger partial charge is 0.385 e. The molecule has 0 radical (unpaired) electrons. The van der Waals surface area contributed by atoms with Crippen molar-refractivity contribution in [2.75, 3.05) is 13.7 Å². The minimum Gasteiger partial charge on any atom is -0.385 e. The zero-order chi connectivity index (χ0) is 11.5. The summed E-state index contributed by atoms with van der Waals surface area (Å²) in [5, 5.41) is 0.716. The number of halogens is 1. The summed E-state index contributed by atoms with van der Waals surface area (Å²) >= 11 is 11.2. The molecule has 86 valence electrons. The van der Waals surface area contributed by atoms with Gasteiger partial charge in [-0.05, 0) is 36.8 Å². The standard InChI is InChI=1S/C11H13ClN2OS/c1-15-6-2-5-14-10-4-3-8(12)7-9(10)13-11(14)16/h3-4,7H,2,5-6H2,1H3,(H,13,16). The Bertz CT molecular complexity index is 546. The molecule has 2 aromatic rings. The van der Waals surface area contributed by atoms with E-state index in [-0.39, 0.29) is 0 Å². The zero-order valence-electron chi connectivity index (χ0n) is 9.00. The fraction of sp³-hybridized carbons (Fsp3) is 0.364. The van der Waals surface area contributed by atoms with Gasteiger partial charge in [0.05, 0.1) is 11.0 Å².